The highest BCUT2D eigenvalue weighted by Crippen LogP contribution is 2.13. The van der Waals surface area contributed by atoms with Gasteiger partial charge in [0.05, 0.1) is 11.7 Å². The summed E-state index contributed by atoms with van der Waals surface area (Å²) in [5.74, 6) is -0.0272. The summed E-state index contributed by atoms with van der Waals surface area (Å²) in [6.45, 7) is 2.18. The number of aromatic nitrogens is 3. The van der Waals surface area contributed by atoms with Crippen molar-refractivity contribution < 1.29 is 4.79 Å². The second-order valence-corrected chi connectivity index (χ2v) is 6.03. The van der Waals surface area contributed by atoms with E-state index in [0.29, 0.717) is 18.8 Å². The van der Waals surface area contributed by atoms with E-state index in [-0.39, 0.29) is 11.9 Å². The van der Waals surface area contributed by atoms with Crippen molar-refractivity contribution >= 4 is 11.4 Å². The van der Waals surface area contributed by atoms with Gasteiger partial charge in [-0.05, 0) is 18.1 Å². The molecule has 0 bridgehead atoms. The SMILES string of the molecule is O=C(c1nccn2nccc12)N1CCNC(Cc2ccccc2)C1. The van der Waals surface area contributed by atoms with E-state index in [0.717, 1.165) is 18.5 Å². The molecule has 122 valence electrons. The van der Waals surface area contributed by atoms with Gasteiger partial charge in [-0.25, -0.2) is 9.50 Å². The Morgan fingerprint density at radius 3 is 2.96 bits per heavy atom. The maximum absolute atomic E-state index is 12.9. The van der Waals surface area contributed by atoms with Crippen LogP contribution in [-0.4, -0.2) is 51.1 Å². The van der Waals surface area contributed by atoms with E-state index in [1.165, 1.54) is 5.56 Å². The van der Waals surface area contributed by atoms with Crippen LogP contribution >= 0.6 is 0 Å². The van der Waals surface area contributed by atoms with Crippen LogP contribution in [0.3, 0.4) is 0 Å². The Morgan fingerprint density at radius 2 is 2.08 bits per heavy atom. The lowest BCUT2D eigenvalue weighted by molar-refractivity contribution is 0.0698. The van der Waals surface area contributed by atoms with Gasteiger partial charge in [-0.1, -0.05) is 30.3 Å². The van der Waals surface area contributed by atoms with Crippen LogP contribution in [0, 0.1) is 0 Å². The molecule has 1 fully saturated rings. The van der Waals surface area contributed by atoms with E-state index in [1.807, 2.05) is 29.2 Å². The Hall–Kier alpha value is -2.73. The minimum absolute atomic E-state index is 0.0272. The van der Waals surface area contributed by atoms with E-state index >= 15 is 0 Å². The first-order chi connectivity index (χ1) is 11.8. The van der Waals surface area contributed by atoms with Crippen molar-refractivity contribution in [2.75, 3.05) is 19.6 Å². The number of nitrogens with one attached hydrogen (secondary N) is 1. The fourth-order valence-corrected chi connectivity index (χ4v) is 3.22. The van der Waals surface area contributed by atoms with Crippen molar-refractivity contribution in [1.29, 1.82) is 0 Å². The first-order valence-electron chi connectivity index (χ1n) is 8.16. The topological polar surface area (TPSA) is 62.5 Å². The first kappa shape index (κ1) is 14.8. The fourth-order valence-electron chi connectivity index (χ4n) is 3.22. The van der Waals surface area contributed by atoms with Crippen LogP contribution in [0.4, 0.5) is 0 Å². The molecule has 6 heteroatoms. The molecular weight excluding hydrogens is 302 g/mol. The van der Waals surface area contributed by atoms with Gasteiger partial charge in [0.1, 0.15) is 0 Å². The van der Waals surface area contributed by atoms with Gasteiger partial charge < -0.3 is 10.2 Å². The molecule has 1 aliphatic heterocycles. The van der Waals surface area contributed by atoms with Gasteiger partial charge in [0.25, 0.3) is 5.91 Å². The Morgan fingerprint density at radius 1 is 1.21 bits per heavy atom. The molecule has 1 N–H and O–H groups in total. The van der Waals surface area contributed by atoms with Gasteiger partial charge in [-0.2, -0.15) is 5.10 Å². The molecule has 1 unspecified atom stereocenters. The quantitative estimate of drug-likeness (QED) is 0.792. The summed E-state index contributed by atoms with van der Waals surface area (Å²) in [5, 5.41) is 7.68. The summed E-state index contributed by atoms with van der Waals surface area (Å²) in [4.78, 5) is 19.1. The van der Waals surface area contributed by atoms with Crippen molar-refractivity contribution in [1.82, 2.24) is 24.8 Å². The predicted octanol–water partition coefficient (Wildman–Crippen LogP) is 1.39. The second-order valence-electron chi connectivity index (χ2n) is 6.03. The highest BCUT2D eigenvalue weighted by molar-refractivity contribution is 5.98. The van der Waals surface area contributed by atoms with Gasteiger partial charge in [0.15, 0.2) is 5.69 Å². The van der Waals surface area contributed by atoms with Crippen LogP contribution in [0.15, 0.2) is 55.0 Å². The largest absolute Gasteiger partial charge is 0.334 e. The Kier molecular flexibility index (Phi) is 3.96. The predicted molar refractivity (Wildman–Crippen MR) is 90.8 cm³/mol. The fraction of sp³-hybridized carbons (Fsp3) is 0.278. The van der Waals surface area contributed by atoms with Crippen LogP contribution in [0.1, 0.15) is 16.1 Å². The zero-order valence-corrected chi connectivity index (χ0v) is 13.3. The number of rotatable bonds is 3. The summed E-state index contributed by atoms with van der Waals surface area (Å²) in [6.07, 6.45) is 5.97. The number of fused-ring (bicyclic) bond motifs is 1. The van der Waals surface area contributed by atoms with Crippen molar-refractivity contribution in [2.45, 2.75) is 12.5 Å². The summed E-state index contributed by atoms with van der Waals surface area (Å²) in [5.41, 5.74) is 2.50. The molecule has 0 aliphatic carbocycles. The molecule has 1 aliphatic rings. The third kappa shape index (κ3) is 2.88. The van der Waals surface area contributed by atoms with E-state index < -0.39 is 0 Å². The lowest BCUT2D eigenvalue weighted by Crippen LogP contribution is -2.53. The third-order valence-corrected chi connectivity index (χ3v) is 4.39. The van der Waals surface area contributed by atoms with E-state index in [4.69, 9.17) is 0 Å². The minimum atomic E-state index is -0.0272. The molecule has 24 heavy (non-hydrogen) atoms. The normalized spacial score (nSPS) is 18.0. The van der Waals surface area contributed by atoms with E-state index in [9.17, 15) is 4.79 Å². The molecule has 4 rings (SSSR count). The zero-order chi connectivity index (χ0) is 16.4. The lowest BCUT2D eigenvalue weighted by atomic mass is 10.0. The average molecular weight is 321 g/mol. The minimum Gasteiger partial charge on any atom is -0.334 e. The molecule has 1 saturated heterocycles. The Balaban J connectivity index is 1.51. The second kappa shape index (κ2) is 6.41. The lowest BCUT2D eigenvalue weighted by Gasteiger charge is -2.33. The number of amides is 1. The summed E-state index contributed by atoms with van der Waals surface area (Å²) in [6, 6.07) is 12.4. The Labute approximate surface area is 140 Å². The van der Waals surface area contributed by atoms with Crippen LogP contribution < -0.4 is 5.32 Å². The van der Waals surface area contributed by atoms with Gasteiger partial charge in [-0.15, -0.1) is 0 Å². The highest BCUT2D eigenvalue weighted by atomic mass is 16.2. The monoisotopic (exact) mass is 321 g/mol. The Bertz CT molecular complexity index is 845. The van der Waals surface area contributed by atoms with E-state index in [2.05, 4.69) is 27.5 Å². The van der Waals surface area contributed by atoms with Crippen molar-refractivity contribution in [3.8, 4) is 0 Å². The van der Waals surface area contributed by atoms with Gasteiger partial charge in [-0.3, -0.25) is 4.79 Å². The van der Waals surface area contributed by atoms with E-state index in [1.54, 1.807) is 23.1 Å². The van der Waals surface area contributed by atoms with Crippen molar-refractivity contribution in [3.63, 3.8) is 0 Å². The third-order valence-electron chi connectivity index (χ3n) is 4.39. The van der Waals surface area contributed by atoms with Crippen molar-refractivity contribution in [2.24, 2.45) is 0 Å². The number of benzene rings is 1. The molecular formula is C18H19N5O. The molecule has 6 nitrogen and oxygen atoms in total. The molecule has 1 aromatic carbocycles. The molecule has 3 heterocycles. The summed E-state index contributed by atoms with van der Waals surface area (Å²) in [7, 11) is 0. The number of hydrogen-bond donors (Lipinski definition) is 1. The maximum Gasteiger partial charge on any atom is 0.274 e. The van der Waals surface area contributed by atoms with Gasteiger partial charge in [0.2, 0.25) is 0 Å². The smallest absolute Gasteiger partial charge is 0.274 e. The summed E-state index contributed by atoms with van der Waals surface area (Å²) < 4.78 is 1.68. The standard InChI is InChI=1S/C18H19N5O/c24-18(17-16-6-7-21-23(16)11-9-20-17)22-10-8-19-15(13-22)12-14-4-2-1-3-5-14/h1-7,9,11,15,19H,8,10,12-13H2. The summed E-state index contributed by atoms with van der Waals surface area (Å²) >= 11 is 0. The highest BCUT2D eigenvalue weighted by Gasteiger charge is 2.26. The van der Waals surface area contributed by atoms with Gasteiger partial charge in [0, 0.05) is 38.1 Å². The number of carbonyl (C=O) groups excluding carboxylic acids is 1. The first-order valence-corrected chi connectivity index (χ1v) is 8.16. The zero-order valence-electron chi connectivity index (χ0n) is 13.3. The molecule has 1 atom stereocenters. The molecule has 0 spiro atoms. The number of carbonyl (C=O) groups is 1. The molecule has 0 saturated carbocycles. The van der Waals surface area contributed by atoms with Crippen LogP contribution in [0.5, 0.6) is 0 Å². The van der Waals surface area contributed by atoms with Gasteiger partial charge >= 0.3 is 0 Å². The van der Waals surface area contributed by atoms with Crippen molar-refractivity contribution in [3.05, 3.63) is 66.2 Å². The number of piperazine rings is 1. The number of nitrogens with zero attached hydrogens (tertiary/aromatic N) is 4. The maximum atomic E-state index is 12.9. The van der Waals surface area contributed by atoms with Crippen LogP contribution in [0.2, 0.25) is 0 Å². The average Bonchev–Trinajstić information content (AvgIpc) is 3.11. The molecule has 3 aromatic rings. The molecule has 2 aromatic heterocycles. The van der Waals surface area contributed by atoms with Crippen LogP contribution in [0.25, 0.3) is 5.52 Å². The number of hydrogen-bond acceptors (Lipinski definition) is 4. The van der Waals surface area contributed by atoms with Crippen LogP contribution in [-0.2, 0) is 6.42 Å². The molecule has 1 amide bonds. The molecule has 0 radical (unpaired) electrons.